The van der Waals surface area contributed by atoms with E-state index in [1.165, 1.54) is 11.1 Å². The monoisotopic (exact) mass is 499 g/mol. The molecule has 3 N–H and O–H groups in total. The Labute approximate surface area is 208 Å². The van der Waals surface area contributed by atoms with Crippen LogP contribution in [0.4, 0.5) is 32.2 Å². The summed E-state index contributed by atoms with van der Waals surface area (Å²) < 4.78 is 28.8. The minimum atomic E-state index is -3.28. The first-order chi connectivity index (χ1) is 17.0. The fourth-order valence-corrected chi connectivity index (χ4v) is 4.67. The minimum absolute atomic E-state index is 0.0197. The van der Waals surface area contributed by atoms with Gasteiger partial charge in [-0.05, 0) is 49.3 Å². The van der Waals surface area contributed by atoms with E-state index < -0.39 is 18.1 Å². The molecular weight excluding hydrogens is 468 g/mol. The van der Waals surface area contributed by atoms with Crippen LogP contribution in [0.2, 0.25) is 0 Å². The van der Waals surface area contributed by atoms with Crippen LogP contribution in [0, 0.1) is 0 Å². The molecule has 3 aromatic heterocycles. The lowest BCUT2D eigenvalue weighted by Gasteiger charge is -2.44. The number of pyridine rings is 2. The van der Waals surface area contributed by atoms with Gasteiger partial charge in [-0.15, -0.1) is 0 Å². The first-order valence-electron chi connectivity index (χ1n) is 12.2. The number of anilines is 4. The van der Waals surface area contributed by atoms with E-state index in [2.05, 4.69) is 44.0 Å². The summed E-state index contributed by atoms with van der Waals surface area (Å²) in [6.07, 6.45) is 4.68. The Kier molecular flexibility index (Phi) is 5.95. The third kappa shape index (κ3) is 4.20. The minimum Gasteiger partial charge on any atom is -0.389 e. The average Bonchev–Trinajstić information content (AvgIpc) is 2.83. The number of alkyl halides is 2. The van der Waals surface area contributed by atoms with Crippen LogP contribution in [0.1, 0.15) is 45.6 Å². The van der Waals surface area contributed by atoms with E-state index in [9.17, 15) is 19.0 Å². The largest absolute Gasteiger partial charge is 0.389 e. The maximum Gasteiger partial charge on any atom is 0.293 e. The van der Waals surface area contributed by atoms with Crippen molar-refractivity contribution in [3.8, 4) is 0 Å². The van der Waals surface area contributed by atoms with Crippen molar-refractivity contribution in [2.75, 3.05) is 34.8 Å². The average molecular weight is 500 g/mol. The zero-order valence-corrected chi connectivity index (χ0v) is 20.8. The first kappa shape index (κ1) is 24.5. The standard InChI is InChI=1S/C25H31F2N7O2/c1-14(2)17-10-30-22(34-12-19(35)15(34)3)18-11-29-21(9-16(17)18)31-20-5-7-28-23(32-20)33-8-6-24(4,36)25(26,27)13-33/h5,7,9-11,14-15,19,35-36H,6,8,12-13H2,1-4H3,(H,28,29,31,32)/t15-,19+,24-/m1/s1. The summed E-state index contributed by atoms with van der Waals surface area (Å²) in [5.41, 5.74) is -0.985. The number of fused-ring (bicyclic) bond motifs is 1. The molecule has 0 saturated carbocycles. The van der Waals surface area contributed by atoms with Crippen molar-refractivity contribution in [2.45, 2.75) is 63.7 Å². The summed E-state index contributed by atoms with van der Waals surface area (Å²) in [5, 5.41) is 25.0. The molecule has 3 aromatic rings. The molecule has 0 amide bonds. The molecule has 0 radical (unpaired) electrons. The summed E-state index contributed by atoms with van der Waals surface area (Å²) in [7, 11) is 0. The van der Waals surface area contributed by atoms with Gasteiger partial charge in [0.2, 0.25) is 5.95 Å². The smallest absolute Gasteiger partial charge is 0.293 e. The molecule has 0 unspecified atom stereocenters. The van der Waals surface area contributed by atoms with Crippen LogP contribution >= 0.6 is 0 Å². The highest BCUT2D eigenvalue weighted by Crippen LogP contribution is 2.38. The number of nitrogens with one attached hydrogen (secondary N) is 1. The predicted octanol–water partition coefficient (Wildman–Crippen LogP) is 3.45. The number of rotatable bonds is 5. The van der Waals surface area contributed by atoms with E-state index in [1.54, 1.807) is 12.3 Å². The maximum absolute atomic E-state index is 14.4. The van der Waals surface area contributed by atoms with Crippen LogP contribution < -0.4 is 15.1 Å². The van der Waals surface area contributed by atoms with Gasteiger partial charge in [-0.3, -0.25) is 0 Å². The normalized spacial score (nSPS) is 25.8. The number of β-amino-alcohol motifs (C(OH)–C–C–N with tert-alkyl or cyclic N) is 1. The molecule has 0 bridgehead atoms. The van der Waals surface area contributed by atoms with E-state index in [4.69, 9.17) is 0 Å². The van der Waals surface area contributed by atoms with Gasteiger partial charge >= 0.3 is 0 Å². The van der Waals surface area contributed by atoms with Gasteiger partial charge in [0.25, 0.3) is 5.92 Å². The third-order valence-electron chi connectivity index (χ3n) is 7.34. The highest BCUT2D eigenvalue weighted by molar-refractivity contribution is 5.96. The summed E-state index contributed by atoms with van der Waals surface area (Å²) in [4.78, 5) is 21.3. The molecule has 2 fully saturated rings. The molecule has 2 aliphatic rings. The number of halogens is 2. The molecular formula is C25H31F2N7O2. The number of aliphatic hydroxyl groups is 2. The number of aromatic nitrogens is 4. The molecule has 11 heteroatoms. The second-order valence-corrected chi connectivity index (χ2v) is 10.3. The summed E-state index contributed by atoms with van der Waals surface area (Å²) >= 11 is 0. The highest BCUT2D eigenvalue weighted by Gasteiger charge is 2.53. The van der Waals surface area contributed by atoms with Gasteiger partial charge in [-0.25, -0.2) is 23.7 Å². The quantitative estimate of drug-likeness (QED) is 0.486. The maximum atomic E-state index is 14.4. The molecule has 2 aliphatic heterocycles. The van der Waals surface area contributed by atoms with E-state index in [1.807, 2.05) is 19.2 Å². The number of nitrogens with zero attached hydrogens (tertiary/aromatic N) is 6. The second-order valence-electron chi connectivity index (χ2n) is 10.3. The van der Waals surface area contributed by atoms with Crippen molar-refractivity contribution in [3.63, 3.8) is 0 Å². The summed E-state index contributed by atoms with van der Waals surface area (Å²) in [6.45, 7) is 7.41. The van der Waals surface area contributed by atoms with Crippen LogP contribution in [0.5, 0.6) is 0 Å². The Hall–Kier alpha value is -3.18. The lowest BCUT2D eigenvalue weighted by molar-refractivity contribution is -0.177. The van der Waals surface area contributed by atoms with E-state index in [0.29, 0.717) is 18.2 Å². The van der Waals surface area contributed by atoms with Gasteiger partial charge in [0, 0.05) is 37.1 Å². The molecule has 36 heavy (non-hydrogen) atoms. The van der Waals surface area contributed by atoms with Crippen molar-refractivity contribution in [2.24, 2.45) is 0 Å². The summed E-state index contributed by atoms with van der Waals surface area (Å²) in [6, 6.07) is 3.57. The molecule has 2 saturated heterocycles. The van der Waals surface area contributed by atoms with Crippen molar-refractivity contribution < 1.29 is 19.0 Å². The predicted molar refractivity (Wildman–Crippen MR) is 134 cm³/mol. The molecule has 0 aromatic carbocycles. The Balaban J connectivity index is 1.43. The van der Waals surface area contributed by atoms with E-state index in [0.717, 1.165) is 29.1 Å². The van der Waals surface area contributed by atoms with Gasteiger partial charge in [0.15, 0.2) is 0 Å². The van der Waals surface area contributed by atoms with Crippen LogP contribution in [0.15, 0.2) is 30.7 Å². The fraction of sp³-hybridized carbons (Fsp3) is 0.520. The molecule has 9 nitrogen and oxygen atoms in total. The Morgan fingerprint density at radius 1 is 1.14 bits per heavy atom. The third-order valence-corrected chi connectivity index (χ3v) is 7.34. The lowest BCUT2D eigenvalue weighted by Crippen LogP contribution is -2.59. The first-order valence-corrected chi connectivity index (χ1v) is 12.2. The van der Waals surface area contributed by atoms with Crippen molar-refractivity contribution in [3.05, 3.63) is 36.3 Å². The fourth-order valence-electron chi connectivity index (χ4n) is 4.67. The molecule has 192 valence electrons. The van der Waals surface area contributed by atoms with Gasteiger partial charge in [0.1, 0.15) is 23.1 Å². The Bertz CT molecular complexity index is 1290. The lowest BCUT2D eigenvalue weighted by atomic mass is 9.90. The number of aliphatic hydroxyl groups excluding tert-OH is 1. The SMILES string of the molecule is CC(C)c1cnc(N2C[C@H](O)[C@H]2C)c2cnc(Nc3ccnc(N4CC[C@@](C)(O)C(F)(F)C4)n3)cc12. The molecule has 5 rings (SSSR count). The second kappa shape index (κ2) is 8.74. The molecule has 0 spiro atoms. The number of hydrogen-bond donors (Lipinski definition) is 3. The van der Waals surface area contributed by atoms with Crippen LogP contribution in [-0.4, -0.2) is 73.5 Å². The van der Waals surface area contributed by atoms with Crippen molar-refractivity contribution >= 4 is 34.2 Å². The van der Waals surface area contributed by atoms with E-state index >= 15 is 0 Å². The molecule has 5 heterocycles. The van der Waals surface area contributed by atoms with Crippen LogP contribution in [0.3, 0.4) is 0 Å². The van der Waals surface area contributed by atoms with E-state index in [-0.39, 0.29) is 37.0 Å². The Morgan fingerprint density at radius 3 is 2.58 bits per heavy atom. The van der Waals surface area contributed by atoms with Crippen molar-refractivity contribution in [1.29, 1.82) is 0 Å². The van der Waals surface area contributed by atoms with Crippen molar-refractivity contribution in [1.82, 2.24) is 19.9 Å². The summed E-state index contributed by atoms with van der Waals surface area (Å²) in [5.74, 6) is -1.12. The highest BCUT2D eigenvalue weighted by atomic mass is 19.3. The Morgan fingerprint density at radius 2 is 1.92 bits per heavy atom. The zero-order valence-electron chi connectivity index (χ0n) is 20.8. The van der Waals surface area contributed by atoms with Crippen LogP contribution in [-0.2, 0) is 0 Å². The van der Waals surface area contributed by atoms with Gasteiger partial charge in [-0.1, -0.05) is 13.8 Å². The number of piperidine rings is 1. The van der Waals surface area contributed by atoms with Gasteiger partial charge in [0.05, 0.1) is 18.7 Å². The van der Waals surface area contributed by atoms with Gasteiger partial charge in [-0.2, -0.15) is 4.98 Å². The van der Waals surface area contributed by atoms with Crippen LogP contribution in [0.25, 0.3) is 10.8 Å². The zero-order chi connectivity index (χ0) is 25.8. The van der Waals surface area contributed by atoms with Gasteiger partial charge < -0.3 is 25.3 Å². The molecule has 0 aliphatic carbocycles. The number of hydrogen-bond acceptors (Lipinski definition) is 9. The topological polar surface area (TPSA) is 111 Å². The molecule has 3 atom stereocenters.